The Labute approximate surface area is 77.5 Å². The molecule has 0 saturated heterocycles. The molecule has 1 aliphatic rings. The maximum absolute atomic E-state index is 12.1. The van der Waals surface area contributed by atoms with Gasteiger partial charge in [0.15, 0.2) is 0 Å². The highest BCUT2D eigenvalue weighted by molar-refractivity contribution is 5.84. The fourth-order valence-corrected chi connectivity index (χ4v) is 1.86. The lowest BCUT2D eigenvalue weighted by Crippen LogP contribution is -2.29. The summed E-state index contributed by atoms with van der Waals surface area (Å²) >= 11 is 0. The first kappa shape index (κ1) is 10.6. The SMILES string of the molecule is CC1(C)CCC(C(=O)C(F)F)CC1. The second-order valence-electron chi connectivity index (χ2n) is 4.64. The average Bonchev–Trinajstić information content (AvgIpc) is 2.03. The van der Waals surface area contributed by atoms with Crippen molar-refractivity contribution in [3.8, 4) is 0 Å². The standard InChI is InChI=1S/C10H16F2O/c1-10(2)5-3-7(4-6-10)8(13)9(11)12/h7,9H,3-6H2,1-2H3. The first-order chi connectivity index (χ1) is 5.92. The largest absolute Gasteiger partial charge is 0.296 e. The van der Waals surface area contributed by atoms with Gasteiger partial charge in [0.1, 0.15) is 0 Å². The fourth-order valence-electron chi connectivity index (χ4n) is 1.86. The number of Topliss-reactive ketones (excluding diaryl/α,β-unsaturated/α-hetero) is 1. The van der Waals surface area contributed by atoms with Gasteiger partial charge in [-0.2, -0.15) is 0 Å². The molecule has 0 heterocycles. The summed E-state index contributed by atoms with van der Waals surface area (Å²) < 4.78 is 24.1. The number of carbonyl (C=O) groups is 1. The smallest absolute Gasteiger partial charge is 0.293 e. The van der Waals surface area contributed by atoms with Crippen molar-refractivity contribution < 1.29 is 13.6 Å². The van der Waals surface area contributed by atoms with Crippen molar-refractivity contribution >= 4 is 5.78 Å². The Balaban J connectivity index is 2.46. The molecule has 1 saturated carbocycles. The number of rotatable bonds is 2. The van der Waals surface area contributed by atoms with Gasteiger partial charge in [0.25, 0.3) is 6.43 Å². The van der Waals surface area contributed by atoms with Crippen LogP contribution in [0.1, 0.15) is 39.5 Å². The van der Waals surface area contributed by atoms with Crippen molar-refractivity contribution in [2.75, 3.05) is 0 Å². The topological polar surface area (TPSA) is 17.1 Å². The third-order valence-electron chi connectivity index (χ3n) is 2.96. The summed E-state index contributed by atoms with van der Waals surface area (Å²) in [5.41, 5.74) is 0.235. The van der Waals surface area contributed by atoms with Crippen LogP contribution in [0.2, 0.25) is 0 Å². The molecule has 0 amide bonds. The molecular formula is C10H16F2O. The van der Waals surface area contributed by atoms with Crippen LogP contribution in [0.15, 0.2) is 0 Å². The van der Waals surface area contributed by atoms with Gasteiger partial charge in [-0.3, -0.25) is 4.79 Å². The lowest BCUT2D eigenvalue weighted by Gasteiger charge is -2.33. The lowest BCUT2D eigenvalue weighted by atomic mass is 9.72. The molecule has 0 unspecified atom stereocenters. The molecular weight excluding hydrogens is 174 g/mol. The highest BCUT2D eigenvalue weighted by atomic mass is 19.3. The Bertz CT molecular complexity index is 189. The Hall–Kier alpha value is -0.470. The molecule has 0 aromatic rings. The second-order valence-corrected chi connectivity index (χ2v) is 4.64. The zero-order valence-electron chi connectivity index (χ0n) is 8.15. The molecule has 1 rings (SSSR count). The predicted octanol–water partition coefficient (Wildman–Crippen LogP) is 3.04. The van der Waals surface area contributed by atoms with Crippen LogP contribution < -0.4 is 0 Å². The van der Waals surface area contributed by atoms with E-state index in [2.05, 4.69) is 13.8 Å². The molecule has 1 fully saturated rings. The van der Waals surface area contributed by atoms with Crippen LogP contribution in [-0.4, -0.2) is 12.2 Å². The van der Waals surface area contributed by atoms with Crippen molar-refractivity contribution in [2.45, 2.75) is 46.0 Å². The first-order valence-electron chi connectivity index (χ1n) is 4.74. The summed E-state index contributed by atoms with van der Waals surface area (Å²) in [7, 11) is 0. The monoisotopic (exact) mass is 190 g/mol. The van der Waals surface area contributed by atoms with E-state index in [4.69, 9.17) is 0 Å². The van der Waals surface area contributed by atoms with Crippen LogP contribution in [-0.2, 0) is 4.79 Å². The Kier molecular flexibility index (Phi) is 3.04. The van der Waals surface area contributed by atoms with E-state index in [0.29, 0.717) is 12.8 Å². The number of carbonyl (C=O) groups excluding carboxylic acids is 1. The highest BCUT2D eigenvalue weighted by Gasteiger charge is 2.33. The molecule has 1 aliphatic carbocycles. The van der Waals surface area contributed by atoms with Gasteiger partial charge in [-0.25, -0.2) is 8.78 Å². The van der Waals surface area contributed by atoms with Gasteiger partial charge in [0.2, 0.25) is 5.78 Å². The second kappa shape index (κ2) is 3.72. The van der Waals surface area contributed by atoms with E-state index in [1.807, 2.05) is 0 Å². The summed E-state index contributed by atoms with van der Waals surface area (Å²) in [6, 6.07) is 0. The first-order valence-corrected chi connectivity index (χ1v) is 4.74. The molecule has 0 N–H and O–H groups in total. The quantitative estimate of drug-likeness (QED) is 0.654. The maximum Gasteiger partial charge on any atom is 0.296 e. The van der Waals surface area contributed by atoms with Crippen molar-refractivity contribution in [1.29, 1.82) is 0 Å². The van der Waals surface area contributed by atoms with Gasteiger partial charge >= 0.3 is 0 Å². The normalized spacial score (nSPS) is 23.5. The number of alkyl halides is 2. The average molecular weight is 190 g/mol. The maximum atomic E-state index is 12.1. The van der Waals surface area contributed by atoms with Gasteiger partial charge in [0.05, 0.1) is 0 Å². The molecule has 0 bridgehead atoms. The highest BCUT2D eigenvalue weighted by Crippen LogP contribution is 2.38. The fraction of sp³-hybridized carbons (Fsp3) is 0.900. The Morgan fingerprint density at radius 3 is 2.15 bits per heavy atom. The molecule has 76 valence electrons. The van der Waals surface area contributed by atoms with E-state index in [0.717, 1.165) is 12.8 Å². The van der Waals surface area contributed by atoms with E-state index in [1.165, 1.54) is 0 Å². The van der Waals surface area contributed by atoms with Crippen LogP contribution in [0.25, 0.3) is 0 Å². The van der Waals surface area contributed by atoms with Crippen molar-refractivity contribution in [1.82, 2.24) is 0 Å². The van der Waals surface area contributed by atoms with Crippen molar-refractivity contribution in [2.24, 2.45) is 11.3 Å². The molecule has 3 heteroatoms. The molecule has 0 atom stereocenters. The third kappa shape index (κ3) is 2.75. The van der Waals surface area contributed by atoms with Gasteiger partial charge < -0.3 is 0 Å². The van der Waals surface area contributed by atoms with Crippen LogP contribution in [0, 0.1) is 11.3 Å². The van der Waals surface area contributed by atoms with Crippen LogP contribution >= 0.6 is 0 Å². The van der Waals surface area contributed by atoms with E-state index >= 15 is 0 Å². The number of ketones is 1. The van der Waals surface area contributed by atoms with E-state index in [9.17, 15) is 13.6 Å². The van der Waals surface area contributed by atoms with Crippen LogP contribution in [0.5, 0.6) is 0 Å². The summed E-state index contributed by atoms with van der Waals surface area (Å²) in [6.45, 7) is 4.24. The summed E-state index contributed by atoms with van der Waals surface area (Å²) in [5.74, 6) is -1.23. The van der Waals surface area contributed by atoms with Crippen molar-refractivity contribution in [3.63, 3.8) is 0 Å². The zero-order chi connectivity index (χ0) is 10.1. The van der Waals surface area contributed by atoms with Crippen LogP contribution in [0.4, 0.5) is 8.78 Å². The molecule has 0 aliphatic heterocycles. The van der Waals surface area contributed by atoms with Crippen molar-refractivity contribution in [3.05, 3.63) is 0 Å². The van der Waals surface area contributed by atoms with E-state index in [1.54, 1.807) is 0 Å². The third-order valence-corrected chi connectivity index (χ3v) is 2.96. The van der Waals surface area contributed by atoms with E-state index < -0.39 is 12.2 Å². The number of hydrogen-bond donors (Lipinski definition) is 0. The lowest BCUT2D eigenvalue weighted by molar-refractivity contribution is -0.135. The Morgan fingerprint density at radius 1 is 1.31 bits per heavy atom. The summed E-state index contributed by atoms with van der Waals surface area (Å²) in [5, 5.41) is 0. The minimum Gasteiger partial charge on any atom is -0.293 e. The summed E-state index contributed by atoms with van der Waals surface area (Å²) in [4.78, 5) is 11.0. The Morgan fingerprint density at radius 2 is 1.77 bits per heavy atom. The molecule has 0 aromatic carbocycles. The van der Waals surface area contributed by atoms with Gasteiger partial charge in [-0.05, 0) is 31.1 Å². The number of hydrogen-bond acceptors (Lipinski definition) is 1. The molecule has 1 nitrogen and oxygen atoms in total. The zero-order valence-corrected chi connectivity index (χ0v) is 8.15. The predicted molar refractivity (Wildman–Crippen MR) is 46.8 cm³/mol. The number of halogens is 2. The molecule has 13 heavy (non-hydrogen) atoms. The molecule has 0 aromatic heterocycles. The summed E-state index contributed by atoms with van der Waals surface area (Å²) in [6.07, 6.45) is 0.268. The molecule has 0 radical (unpaired) electrons. The molecule has 0 spiro atoms. The van der Waals surface area contributed by atoms with Crippen LogP contribution in [0.3, 0.4) is 0 Å². The minimum absolute atomic E-state index is 0.235. The van der Waals surface area contributed by atoms with E-state index in [-0.39, 0.29) is 11.3 Å². The van der Waals surface area contributed by atoms with Gasteiger partial charge in [-0.15, -0.1) is 0 Å². The van der Waals surface area contributed by atoms with Gasteiger partial charge in [0, 0.05) is 5.92 Å². The van der Waals surface area contributed by atoms with Gasteiger partial charge in [-0.1, -0.05) is 13.8 Å². The minimum atomic E-state index is -2.77.